The fourth-order valence-corrected chi connectivity index (χ4v) is 2.20. The molecule has 0 aliphatic heterocycles. The van der Waals surface area contributed by atoms with E-state index in [9.17, 15) is 0 Å². The smallest absolute Gasteiger partial charge is 0.0211 e. The predicted octanol–water partition coefficient (Wildman–Crippen LogP) is 3.48. The molecule has 18 heavy (non-hydrogen) atoms. The summed E-state index contributed by atoms with van der Waals surface area (Å²) >= 11 is 3.57. The highest BCUT2D eigenvalue weighted by Gasteiger charge is 2.05. The van der Waals surface area contributed by atoms with E-state index in [0.29, 0.717) is 12.0 Å². The van der Waals surface area contributed by atoms with Crippen LogP contribution in [0, 0.1) is 12.8 Å². The van der Waals surface area contributed by atoms with E-state index >= 15 is 0 Å². The molecule has 102 valence electrons. The first-order valence-corrected chi connectivity index (χ1v) is 7.48. The highest BCUT2D eigenvalue weighted by Crippen LogP contribution is 2.19. The van der Waals surface area contributed by atoms with Crippen LogP contribution in [-0.2, 0) is 6.54 Å². The molecule has 0 aliphatic rings. The summed E-state index contributed by atoms with van der Waals surface area (Å²) in [5.41, 5.74) is 2.69. The largest absolute Gasteiger partial charge is 0.315 e. The second kappa shape index (κ2) is 7.93. The highest BCUT2D eigenvalue weighted by atomic mass is 79.9. The van der Waals surface area contributed by atoms with Gasteiger partial charge in [0.25, 0.3) is 0 Å². The van der Waals surface area contributed by atoms with Crippen LogP contribution in [-0.4, -0.2) is 19.1 Å². The van der Waals surface area contributed by atoms with Gasteiger partial charge in [-0.25, -0.2) is 0 Å². The summed E-state index contributed by atoms with van der Waals surface area (Å²) in [6.07, 6.45) is 0. The van der Waals surface area contributed by atoms with E-state index in [4.69, 9.17) is 0 Å². The van der Waals surface area contributed by atoms with Crippen molar-refractivity contribution in [3.05, 3.63) is 33.8 Å². The molecule has 0 spiro atoms. The minimum Gasteiger partial charge on any atom is -0.315 e. The fraction of sp³-hybridized carbons (Fsp3) is 0.600. The quantitative estimate of drug-likeness (QED) is 0.805. The Kier molecular flexibility index (Phi) is 6.90. The Hall–Kier alpha value is -0.380. The van der Waals surface area contributed by atoms with Crippen molar-refractivity contribution in [1.29, 1.82) is 0 Å². The molecule has 1 aromatic rings. The summed E-state index contributed by atoms with van der Waals surface area (Å²) in [5, 5.41) is 7.03. The van der Waals surface area contributed by atoms with Crippen LogP contribution in [0.2, 0.25) is 0 Å². The molecule has 1 atom stereocenters. The Morgan fingerprint density at radius 2 is 1.89 bits per heavy atom. The first-order chi connectivity index (χ1) is 8.50. The minimum atomic E-state index is 0.488. The summed E-state index contributed by atoms with van der Waals surface area (Å²) in [4.78, 5) is 0. The van der Waals surface area contributed by atoms with Crippen LogP contribution in [0.5, 0.6) is 0 Å². The van der Waals surface area contributed by atoms with Gasteiger partial charge in [-0.2, -0.15) is 0 Å². The van der Waals surface area contributed by atoms with Gasteiger partial charge < -0.3 is 10.6 Å². The summed E-state index contributed by atoms with van der Waals surface area (Å²) in [7, 11) is 0. The van der Waals surface area contributed by atoms with E-state index in [0.717, 1.165) is 19.6 Å². The lowest BCUT2D eigenvalue weighted by Crippen LogP contribution is -2.37. The van der Waals surface area contributed by atoms with Crippen LogP contribution in [0.25, 0.3) is 0 Å². The van der Waals surface area contributed by atoms with Gasteiger partial charge in [0.2, 0.25) is 0 Å². The maximum atomic E-state index is 3.57. The maximum Gasteiger partial charge on any atom is 0.0211 e. The van der Waals surface area contributed by atoms with Crippen molar-refractivity contribution in [2.75, 3.05) is 13.1 Å². The molecule has 1 aromatic carbocycles. The zero-order chi connectivity index (χ0) is 13.5. The predicted molar refractivity (Wildman–Crippen MR) is 82.9 cm³/mol. The SMILES string of the molecule is Cc1c(Br)cccc1CNC(C)CNCC(C)C. The zero-order valence-corrected chi connectivity index (χ0v) is 13.5. The first kappa shape index (κ1) is 15.7. The standard InChI is InChI=1S/C15H25BrN2/c1-11(2)8-17-9-12(3)18-10-14-6-5-7-15(16)13(14)4/h5-7,11-12,17-18H,8-10H2,1-4H3. The molecule has 0 heterocycles. The van der Waals surface area contributed by atoms with Crippen LogP contribution < -0.4 is 10.6 Å². The Morgan fingerprint density at radius 1 is 1.17 bits per heavy atom. The molecule has 3 heteroatoms. The van der Waals surface area contributed by atoms with E-state index in [2.05, 4.69) is 72.5 Å². The summed E-state index contributed by atoms with van der Waals surface area (Å²) in [5.74, 6) is 0.713. The van der Waals surface area contributed by atoms with Gasteiger partial charge in [-0.3, -0.25) is 0 Å². The third-order valence-electron chi connectivity index (χ3n) is 3.02. The molecule has 0 aromatic heterocycles. The Bertz CT molecular complexity index is 364. The minimum absolute atomic E-state index is 0.488. The molecule has 1 unspecified atom stereocenters. The number of halogens is 1. The van der Waals surface area contributed by atoms with Crippen molar-refractivity contribution >= 4 is 15.9 Å². The lowest BCUT2D eigenvalue weighted by Gasteiger charge is -2.17. The van der Waals surface area contributed by atoms with Crippen molar-refractivity contribution in [1.82, 2.24) is 10.6 Å². The van der Waals surface area contributed by atoms with Crippen molar-refractivity contribution < 1.29 is 0 Å². The van der Waals surface area contributed by atoms with Gasteiger partial charge >= 0.3 is 0 Å². The van der Waals surface area contributed by atoms with E-state index in [1.165, 1.54) is 15.6 Å². The molecular weight excluding hydrogens is 288 g/mol. The van der Waals surface area contributed by atoms with E-state index in [-0.39, 0.29) is 0 Å². The van der Waals surface area contributed by atoms with Crippen molar-refractivity contribution in [3.8, 4) is 0 Å². The highest BCUT2D eigenvalue weighted by molar-refractivity contribution is 9.10. The normalized spacial score (nSPS) is 13.0. The van der Waals surface area contributed by atoms with Gasteiger partial charge in [0, 0.05) is 23.6 Å². The van der Waals surface area contributed by atoms with Crippen molar-refractivity contribution in [2.24, 2.45) is 5.92 Å². The third-order valence-corrected chi connectivity index (χ3v) is 3.88. The van der Waals surface area contributed by atoms with Crippen molar-refractivity contribution in [2.45, 2.75) is 40.3 Å². The zero-order valence-electron chi connectivity index (χ0n) is 11.9. The van der Waals surface area contributed by atoms with Gasteiger partial charge in [-0.15, -0.1) is 0 Å². The van der Waals surface area contributed by atoms with Crippen LogP contribution in [0.3, 0.4) is 0 Å². The summed E-state index contributed by atoms with van der Waals surface area (Å²) in [6, 6.07) is 6.85. The molecule has 0 saturated carbocycles. The van der Waals surface area contributed by atoms with Gasteiger partial charge in [0.05, 0.1) is 0 Å². The number of benzene rings is 1. The molecule has 0 aliphatic carbocycles. The van der Waals surface area contributed by atoms with Crippen LogP contribution in [0.15, 0.2) is 22.7 Å². The molecule has 2 N–H and O–H groups in total. The topological polar surface area (TPSA) is 24.1 Å². The van der Waals surface area contributed by atoms with E-state index in [1.807, 2.05) is 0 Å². The molecule has 0 bridgehead atoms. The first-order valence-electron chi connectivity index (χ1n) is 6.68. The fourth-order valence-electron chi connectivity index (χ4n) is 1.79. The van der Waals surface area contributed by atoms with Gasteiger partial charge in [0.1, 0.15) is 0 Å². The maximum absolute atomic E-state index is 3.57. The van der Waals surface area contributed by atoms with E-state index in [1.54, 1.807) is 0 Å². The van der Waals surface area contributed by atoms with Gasteiger partial charge in [-0.05, 0) is 43.5 Å². The summed E-state index contributed by atoms with van der Waals surface area (Å²) in [6.45, 7) is 11.9. The Labute approximate surface area is 120 Å². The molecule has 0 saturated heterocycles. The van der Waals surface area contributed by atoms with Gasteiger partial charge in [0.15, 0.2) is 0 Å². The number of nitrogens with one attached hydrogen (secondary N) is 2. The van der Waals surface area contributed by atoms with Crippen LogP contribution >= 0.6 is 15.9 Å². The lowest BCUT2D eigenvalue weighted by atomic mass is 10.1. The molecule has 2 nitrogen and oxygen atoms in total. The molecule has 1 rings (SSSR count). The van der Waals surface area contributed by atoms with E-state index < -0.39 is 0 Å². The number of hydrogen-bond acceptors (Lipinski definition) is 2. The lowest BCUT2D eigenvalue weighted by molar-refractivity contribution is 0.472. The van der Waals surface area contributed by atoms with Crippen LogP contribution in [0.1, 0.15) is 31.9 Å². The number of hydrogen-bond donors (Lipinski definition) is 2. The average Bonchev–Trinajstić information content (AvgIpc) is 2.30. The third kappa shape index (κ3) is 5.51. The second-order valence-electron chi connectivity index (χ2n) is 5.36. The number of rotatable bonds is 7. The molecule has 0 radical (unpaired) electrons. The Balaban J connectivity index is 2.33. The van der Waals surface area contributed by atoms with Gasteiger partial charge in [-0.1, -0.05) is 41.9 Å². The van der Waals surface area contributed by atoms with Crippen molar-refractivity contribution in [3.63, 3.8) is 0 Å². The molecule has 0 fully saturated rings. The van der Waals surface area contributed by atoms with Crippen LogP contribution in [0.4, 0.5) is 0 Å². The second-order valence-corrected chi connectivity index (χ2v) is 6.21. The molecule has 0 amide bonds. The molecular formula is C15H25BrN2. The summed E-state index contributed by atoms with van der Waals surface area (Å²) < 4.78 is 1.19. The Morgan fingerprint density at radius 3 is 2.56 bits per heavy atom. The monoisotopic (exact) mass is 312 g/mol. The average molecular weight is 313 g/mol.